The van der Waals surface area contributed by atoms with Crippen LogP contribution in [0.4, 0.5) is 26.3 Å². The molecule has 1 saturated carbocycles. The van der Waals surface area contributed by atoms with Crippen molar-refractivity contribution in [3.05, 3.63) is 12.2 Å². The SMILES string of the molecule is C=C(C)C(=O)OC1CCC(C(C)(C)OCC(O)(C(F)(F)F)C(F)(F)F)C(C(C)(C)OCC(C)(C)O)C1. The van der Waals surface area contributed by atoms with E-state index < -0.39 is 65.3 Å². The summed E-state index contributed by atoms with van der Waals surface area (Å²) < 4.78 is 95.7. The maximum atomic E-state index is 13.2. The molecule has 0 aromatic carbocycles. The molecule has 0 radical (unpaired) electrons. The Morgan fingerprint density at radius 3 is 1.69 bits per heavy atom. The minimum atomic E-state index is -6.01. The number of hydrogen-bond donors (Lipinski definition) is 2. The van der Waals surface area contributed by atoms with Crippen molar-refractivity contribution >= 4 is 5.97 Å². The third-order valence-corrected chi connectivity index (χ3v) is 6.60. The van der Waals surface area contributed by atoms with Gasteiger partial charge in [0.05, 0.1) is 30.0 Å². The zero-order valence-corrected chi connectivity index (χ0v) is 21.8. The minimum Gasteiger partial charge on any atom is -0.459 e. The van der Waals surface area contributed by atoms with Crippen molar-refractivity contribution in [1.82, 2.24) is 0 Å². The van der Waals surface area contributed by atoms with Gasteiger partial charge >= 0.3 is 18.3 Å². The molecule has 0 spiro atoms. The van der Waals surface area contributed by atoms with Crippen molar-refractivity contribution in [2.45, 2.75) is 109 Å². The molecule has 0 saturated heterocycles. The first-order chi connectivity index (χ1) is 15.8. The fourth-order valence-electron chi connectivity index (χ4n) is 4.28. The van der Waals surface area contributed by atoms with Gasteiger partial charge in [0.25, 0.3) is 5.60 Å². The van der Waals surface area contributed by atoms with Crippen LogP contribution in [0.25, 0.3) is 0 Å². The highest BCUT2D eigenvalue weighted by Gasteiger charge is 2.71. The third-order valence-electron chi connectivity index (χ3n) is 6.60. The number of esters is 1. The average molecular weight is 537 g/mol. The molecule has 1 rings (SSSR count). The normalized spacial score (nSPS) is 22.9. The summed E-state index contributed by atoms with van der Waals surface area (Å²) in [5.41, 5.74) is -8.71. The van der Waals surface area contributed by atoms with E-state index in [-0.39, 0.29) is 31.4 Å². The van der Waals surface area contributed by atoms with E-state index in [1.807, 2.05) is 0 Å². The average Bonchev–Trinajstić information content (AvgIpc) is 2.68. The predicted octanol–water partition coefficient (Wildman–Crippen LogP) is 5.11. The van der Waals surface area contributed by atoms with Crippen LogP contribution in [0.1, 0.15) is 67.7 Å². The van der Waals surface area contributed by atoms with Crippen molar-refractivity contribution in [1.29, 1.82) is 0 Å². The first-order valence-electron chi connectivity index (χ1n) is 11.6. The summed E-state index contributed by atoms with van der Waals surface area (Å²) in [7, 11) is 0. The van der Waals surface area contributed by atoms with Crippen molar-refractivity contribution in [3.8, 4) is 0 Å². The predicted molar refractivity (Wildman–Crippen MR) is 119 cm³/mol. The van der Waals surface area contributed by atoms with Crippen molar-refractivity contribution in [3.63, 3.8) is 0 Å². The third kappa shape index (κ3) is 8.06. The Kier molecular flexibility index (Phi) is 9.78. The van der Waals surface area contributed by atoms with E-state index in [2.05, 4.69) is 6.58 Å². The lowest BCUT2D eigenvalue weighted by Gasteiger charge is -2.50. The summed E-state index contributed by atoms with van der Waals surface area (Å²) >= 11 is 0. The first kappa shape index (κ1) is 32.7. The maximum absolute atomic E-state index is 13.2. The standard InChI is InChI=1S/C24H38F6O6/c1-14(2)18(31)36-15-9-10-16(17(11-15)21(7,8)34-12-19(3,4)32)20(5,6)35-13-22(33,23(25,26)27)24(28,29)30/h15-17,32-33H,1,9-13H2,2-8H3. The van der Waals surface area contributed by atoms with E-state index in [1.54, 1.807) is 13.8 Å². The van der Waals surface area contributed by atoms with Gasteiger partial charge < -0.3 is 24.4 Å². The molecule has 0 aromatic rings. The van der Waals surface area contributed by atoms with Crippen LogP contribution in [0.15, 0.2) is 12.2 Å². The fourth-order valence-corrected chi connectivity index (χ4v) is 4.28. The van der Waals surface area contributed by atoms with Crippen molar-refractivity contribution in [2.75, 3.05) is 13.2 Å². The Morgan fingerprint density at radius 2 is 1.28 bits per heavy atom. The minimum absolute atomic E-state index is 0.109. The molecule has 1 fully saturated rings. The van der Waals surface area contributed by atoms with Crippen LogP contribution in [0.2, 0.25) is 0 Å². The number of halogens is 6. The van der Waals surface area contributed by atoms with Crippen LogP contribution < -0.4 is 0 Å². The monoisotopic (exact) mass is 536 g/mol. The molecule has 1 aliphatic rings. The van der Waals surface area contributed by atoms with Gasteiger partial charge in [-0.2, -0.15) is 26.3 Å². The summed E-state index contributed by atoms with van der Waals surface area (Å²) in [6.45, 7) is 11.9. The number of ether oxygens (including phenoxy) is 3. The maximum Gasteiger partial charge on any atom is 0.428 e. The zero-order valence-electron chi connectivity index (χ0n) is 21.8. The summed E-state index contributed by atoms with van der Waals surface area (Å²) in [6.07, 6.45) is -11.9. The van der Waals surface area contributed by atoms with Gasteiger partial charge in [-0.05, 0) is 79.6 Å². The lowest BCUT2D eigenvalue weighted by Crippen LogP contribution is -2.61. The summed E-state index contributed by atoms with van der Waals surface area (Å²) in [5, 5.41) is 19.6. The Labute approximate surface area is 208 Å². The molecule has 12 heteroatoms. The molecule has 0 heterocycles. The molecule has 0 bridgehead atoms. The van der Waals surface area contributed by atoms with Gasteiger partial charge in [0, 0.05) is 5.57 Å². The van der Waals surface area contributed by atoms with Crippen LogP contribution in [0.5, 0.6) is 0 Å². The molecule has 0 aromatic heterocycles. The van der Waals surface area contributed by atoms with E-state index in [0.717, 1.165) is 0 Å². The second-order valence-electron chi connectivity index (χ2n) is 11.3. The zero-order chi connectivity index (χ0) is 28.5. The first-order valence-corrected chi connectivity index (χ1v) is 11.6. The van der Waals surface area contributed by atoms with Crippen LogP contribution >= 0.6 is 0 Å². The lowest BCUT2D eigenvalue weighted by atomic mass is 9.64. The largest absolute Gasteiger partial charge is 0.459 e. The molecule has 3 atom stereocenters. The van der Waals surface area contributed by atoms with Crippen molar-refractivity contribution < 1.29 is 55.6 Å². The van der Waals surface area contributed by atoms with Crippen LogP contribution in [0.3, 0.4) is 0 Å². The van der Waals surface area contributed by atoms with Gasteiger partial charge in [0.15, 0.2) is 0 Å². The molecule has 6 nitrogen and oxygen atoms in total. The molecule has 3 unspecified atom stereocenters. The number of alkyl halides is 6. The summed E-state index contributed by atoms with van der Waals surface area (Å²) in [6, 6.07) is 0. The second-order valence-corrected chi connectivity index (χ2v) is 11.3. The molecular weight excluding hydrogens is 498 g/mol. The fraction of sp³-hybridized carbons (Fsp3) is 0.875. The number of hydrogen-bond acceptors (Lipinski definition) is 6. The number of carbonyl (C=O) groups excluding carboxylic acids is 1. The Balaban J connectivity index is 3.28. The highest BCUT2D eigenvalue weighted by Crippen LogP contribution is 2.48. The number of aliphatic hydroxyl groups is 2. The molecule has 2 N–H and O–H groups in total. The second kappa shape index (κ2) is 10.8. The van der Waals surface area contributed by atoms with Gasteiger partial charge in [-0.1, -0.05) is 6.58 Å². The molecule has 36 heavy (non-hydrogen) atoms. The van der Waals surface area contributed by atoms with Crippen molar-refractivity contribution in [2.24, 2.45) is 11.8 Å². The summed E-state index contributed by atoms with van der Waals surface area (Å²) in [5.74, 6) is -1.85. The van der Waals surface area contributed by atoms with Crippen LogP contribution in [-0.2, 0) is 19.0 Å². The number of carbonyl (C=O) groups is 1. The van der Waals surface area contributed by atoms with Crippen LogP contribution in [-0.4, -0.2) is 70.3 Å². The Morgan fingerprint density at radius 1 is 0.833 bits per heavy atom. The molecule has 212 valence electrons. The van der Waals surface area contributed by atoms with E-state index >= 15 is 0 Å². The van der Waals surface area contributed by atoms with E-state index in [1.165, 1.54) is 34.6 Å². The van der Waals surface area contributed by atoms with Gasteiger partial charge in [0.1, 0.15) is 6.10 Å². The molecule has 0 amide bonds. The quantitative estimate of drug-likeness (QED) is 0.229. The molecule has 0 aliphatic heterocycles. The van der Waals surface area contributed by atoms with Gasteiger partial charge in [-0.25, -0.2) is 4.79 Å². The highest BCUT2D eigenvalue weighted by molar-refractivity contribution is 5.87. The Hall–Kier alpha value is -1.37. The van der Waals surface area contributed by atoms with Gasteiger partial charge in [-0.15, -0.1) is 0 Å². The Bertz CT molecular complexity index is 767. The smallest absolute Gasteiger partial charge is 0.428 e. The van der Waals surface area contributed by atoms with E-state index in [0.29, 0.717) is 0 Å². The van der Waals surface area contributed by atoms with E-state index in [4.69, 9.17) is 14.2 Å². The van der Waals surface area contributed by atoms with Gasteiger partial charge in [-0.3, -0.25) is 0 Å². The van der Waals surface area contributed by atoms with Crippen LogP contribution in [0, 0.1) is 11.8 Å². The highest BCUT2D eigenvalue weighted by atomic mass is 19.4. The lowest BCUT2D eigenvalue weighted by molar-refractivity contribution is -0.383. The van der Waals surface area contributed by atoms with Gasteiger partial charge in [0.2, 0.25) is 0 Å². The number of rotatable bonds is 10. The molecule has 1 aliphatic carbocycles. The van der Waals surface area contributed by atoms with E-state index in [9.17, 15) is 41.4 Å². The topological polar surface area (TPSA) is 85.2 Å². The summed E-state index contributed by atoms with van der Waals surface area (Å²) in [4.78, 5) is 12.1. The molecular formula is C24H38F6O6.